The molecule has 0 unspecified atom stereocenters. The molecule has 0 spiro atoms. The van der Waals surface area contributed by atoms with E-state index in [1.165, 1.54) is 17.8 Å². The zero-order chi connectivity index (χ0) is 29.5. The fraction of sp³-hybridized carbons (Fsp3) is 0.257. The van der Waals surface area contributed by atoms with Crippen LogP contribution in [0.2, 0.25) is 0 Å². The summed E-state index contributed by atoms with van der Waals surface area (Å²) >= 11 is 0. The minimum atomic E-state index is -0.745. The average Bonchev–Trinajstić information content (AvgIpc) is 3.29. The maximum atomic E-state index is 14.4. The predicted molar refractivity (Wildman–Crippen MR) is 168 cm³/mol. The highest BCUT2D eigenvalue weighted by Gasteiger charge is 2.40. The van der Waals surface area contributed by atoms with Crippen molar-refractivity contribution in [1.29, 1.82) is 0 Å². The molecule has 0 aliphatic carbocycles. The van der Waals surface area contributed by atoms with Crippen molar-refractivity contribution in [2.24, 2.45) is 0 Å². The van der Waals surface area contributed by atoms with Crippen molar-refractivity contribution in [1.82, 2.24) is 9.80 Å². The highest BCUT2D eigenvalue weighted by atomic mass is 19.1. The monoisotopic (exact) mass is 575 g/mol. The van der Waals surface area contributed by atoms with E-state index in [-0.39, 0.29) is 24.9 Å². The third-order valence-corrected chi connectivity index (χ3v) is 8.85. The Morgan fingerprint density at radius 3 is 2.35 bits per heavy atom. The molecule has 1 saturated heterocycles. The van der Waals surface area contributed by atoms with Crippen LogP contribution in [0, 0.1) is 5.82 Å². The lowest BCUT2D eigenvalue weighted by molar-refractivity contribution is -0.122. The van der Waals surface area contributed by atoms with E-state index in [1.807, 2.05) is 42.5 Å². The lowest BCUT2D eigenvalue weighted by atomic mass is 10.00. The summed E-state index contributed by atoms with van der Waals surface area (Å²) in [6.45, 7) is 5.00. The van der Waals surface area contributed by atoms with Gasteiger partial charge in [-0.2, -0.15) is 0 Å². The number of benzene rings is 4. The molecular weight excluding hydrogens is 541 g/mol. The van der Waals surface area contributed by atoms with E-state index in [0.717, 1.165) is 48.4 Å². The number of piperazine rings is 1. The Labute approximate surface area is 251 Å². The summed E-state index contributed by atoms with van der Waals surface area (Å²) in [4.78, 5) is 35.8. The van der Waals surface area contributed by atoms with Crippen molar-refractivity contribution in [2.75, 3.05) is 54.9 Å². The molecule has 3 heterocycles. The van der Waals surface area contributed by atoms with E-state index in [4.69, 9.17) is 0 Å². The summed E-state index contributed by atoms with van der Waals surface area (Å²) in [5, 5.41) is 3.32. The number of hydrogen-bond acceptors (Lipinski definition) is 5. The summed E-state index contributed by atoms with van der Waals surface area (Å²) in [5.74, 6) is -0.816. The number of halogens is 1. The second-order valence-corrected chi connectivity index (χ2v) is 11.6. The molecule has 218 valence electrons. The van der Waals surface area contributed by atoms with E-state index in [2.05, 4.69) is 52.5 Å². The summed E-state index contributed by atoms with van der Waals surface area (Å²) < 4.78 is 14.4. The number of nitrogens with zero attached hydrogens (tertiary/aromatic N) is 4. The van der Waals surface area contributed by atoms with E-state index in [9.17, 15) is 14.0 Å². The molecule has 3 aliphatic heterocycles. The fourth-order valence-electron chi connectivity index (χ4n) is 6.35. The minimum Gasteiger partial charge on any atom is -0.381 e. The molecule has 8 heteroatoms. The first-order valence-corrected chi connectivity index (χ1v) is 14.8. The van der Waals surface area contributed by atoms with Gasteiger partial charge in [-0.15, -0.1) is 0 Å². The van der Waals surface area contributed by atoms with Crippen molar-refractivity contribution >= 4 is 28.9 Å². The summed E-state index contributed by atoms with van der Waals surface area (Å²) in [7, 11) is 2.16. The van der Waals surface area contributed by atoms with Crippen LogP contribution in [0.3, 0.4) is 0 Å². The quantitative estimate of drug-likeness (QED) is 0.353. The van der Waals surface area contributed by atoms with Crippen LogP contribution in [-0.4, -0.2) is 67.4 Å². The van der Waals surface area contributed by atoms with Gasteiger partial charge in [0.15, 0.2) is 0 Å². The van der Waals surface area contributed by atoms with Crippen LogP contribution in [0.1, 0.15) is 21.5 Å². The van der Waals surface area contributed by atoms with E-state index >= 15 is 0 Å². The summed E-state index contributed by atoms with van der Waals surface area (Å²) in [6, 6.07) is 27.8. The minimum absolute atomic E-state index is 0.163. The van der Waals surface area contributed by atoms with Gasteiger partial charge in [0.05, 0.1) is 17.9 Å². The first-order valence-electron chi connectivity index (χ1n) is 14.8. The molecule has 0 bridgehead atoms. The molecule has 0 radical (unpaired) electrons. The zero-order valence-corrected chi connectivity index (χ0v) is 24.2. The van der Waals surface area contributed by atoms with Crippen LogP contribution in [-0.2, 0) is 17.9 Å². The Balaban J connectivity index is 1.13. The second kappa shape index (κ2) is 11.2. The van der Waals surface area contributed by atoms with Crippen molar-refractivity contribution in [2.45, 2.75) is 19.1 Å². The molecule has 4 aromatic carbocycles. The number of likely N-dealkylation sites (N-methyl/N-ethyl adjacent to an activating group) is 1. The molecule has 2 amide bonds. The van der Waals surface area contributed by atoms with Crippen molar-refractivity contribution in [3.8, 4) is 11.1 Å². The highest BCUT2D eigenvalue weighted by molar-refractivity contribution is 6.06. The SMILES string of the molecule is CN1CCN(c2ccc(-c3ccc4c(c3)CN([C@H]3CNc5ccc(F)cc5N(Cc5ccccc5)C3=O)C4=O)cc2)CC1. The van der Waals surface area contributed by atoms with Gasteiger partial charge in [-0.3, -0.25) is 9.59 Å². The van der Waals surface area contributed by atoms with Crippen LogP contribution in [0.25, 0.3) is 11.1 Å². The molecule has 1 atom stereocenters. The normalized spacial score (nSPS) is 18.7. The van der Waals surface area contributed by atoms with Crippen LogP contribution in [0.4, 0.5) is 21.5 Å². The molecular formula is C35H34FN5O2. The van der Waals surface area contributed by atoms with Crippen molar-refractivity contribution in [3.63, 3.8) is 0 Å². The largest absolute Gasteiger partial charge is 0.381 e. The Bertz CT molecular complexity index is 1670. The van der Waals surface area contributed by atoms with Gasteiger partial charge in [0.1, 0.15) is 11.9 Å². The molecule has 43 heavy (non-hydrogen) atoms. The van der Waals surface area contributed by atoms with E-state index in [0.29, 0.717) is 23.5 Å². The van der Waals surface area contributed by atoms with Gasteiger partial charge >= 0.3 is 0 Å². The molecule has 7 rings (SSSR count). The predicted octanol–water partition coefficient (Wildman–Crippen LogP) is 5.23. The smallest absolute Gasteiger partial charge is 0.255 e. The van der Waals surface area contributed by atoms with Gasteiger partial charge in [0, 0.05) is 50.5 Å². The van der Waals surface area contributed by atoms with Crippen LogP contribution in [0.15, 0.2) is 91.0 Å². The van der Waals surface area contributed by atoms with Gasteiger partial charge < -0.3 is 24.9 Å². The number of amides is 2. The first-order chi connectivity index (χ1) is 20.9. The average molecular weight is 576 g/mol. The molecule has 7 nitrogen and oxygen atoms in total. The lowest BCUT2D eigenvalue weighted by Gasteiger charge is -2.34. The molecule has 1 fully saturated rings. The van der Waals surface area contributed by atoms with Gasteiger partial charge in [-0.05, 0) is 71.8 Å². The van der Waals surface area contributed by atoms with E-state index in [1.54, 1.807) is 15.9 Å². The number of nitrogens with one attached hydrogen (secondary N) is 1. The number of anilines is 3. The lowest BCUT2D eigenvalue weighted by Crippen LogP contribution is -2.50. The third-order valence-electron chi connectivity index (χ3n) is 8.85. The second-order valence-electron chi connectivity index (χ2n) is 11.6. The van der Waals surface area contributed by atoms with Crippen LogP contribution >= 0.6 is 0 Å². The Kier molecular flexibility index (Phi) is 7.07. The van der Waals surface area contributed by atoms with Crippen molar-refractivity contribution < 1.29 is 14.0 Å². The first kappa shape index (κ1) is 27.2. The van der Waals surface area contributed by atoms with E-state index < -0.39 is 11.9 Å². The number of carbonyl (C=O) groups is 2. The third kappa shape index (κ3) is 5.23. The van der Waals surface area contributed by atoms with Crippen LogP contribution < -0.4 is 15.1 Å². The molecule has 0 aromatic heterocycles. The Hall–Kier alpha value is -4.69. The Morgan fingerprint density at radius 2 is 1.58 bits per heavy atom. The highest BCUT2D eigenvalue weighted by Crippen LogP contribution is 2.35. The van der Waals surface area contributed by atoms with Gasteiger partial charge in [-0.1, -0.05) is 48.5 Å². The van der Waals surface area contributed by atoms with Gasteiger partial charge in [-0.25, -0.2) is 4.39 Å². The van der Waals surface area contributed by atoms with Crippen LogP contribution in [0.5, 0.6) is 0 Å². The summed E-state index contributed by atoms with van der Waals surface area (Å²) in [6.07, 6.45) is 0. The number of hydrogen-bond donors (Lipinski definition) is 1. The zero-order valence-electron chi connectivity index (χ0n) is 24.2. The number of carbonyl (C=O) groups excluding carboxylic acids is 2. The fourth-order valence-corrected chi connectivity index (χ4v) is 6.35. The molecule has 1 N–H and O–H groups in total. The Morgan fingerprint density at radius 1 is 0.837 bits per heavy atom. The standard InChI is InChI=1S/C35H34FN5O2/c1-38-15-17-39(18-16-38)29-11-7-25(8-12-29)26-9-13-30-27(19-26)23-41(34(30)42)33-21-37-31-14-10-28(36)20-32(31)40(35(33)43)22-24-5-3-2-4-6-24/h2-14,19-20,33,37H,15-18,21-23H2,1H3/t33-/m0/s1. The topological polar surface area (TPSA) is 59.1 Å². The number of fused-ring (bicyclic) bond motifs is 2. The molecule has 0 saturated carbocycles. The van der Waals surface area contributed by atoms with Gasteiger partial charge in [0.25, 0.3) is 11.8 Å². The molecule has 4 aromatic rings. The maximum Gasteiger partial charge on any atom is 0.255 e. The molecule has 3 aliphatic rings. The maximum absolute atomic E-state index is 14.4. The van der Waals surface area contributed by atoms with Crippen molar-refractivity contribution in [3.05, 3.63) is 114 Å². The summed E-state index contributed by atoms with van der Waals surface area (Å²) in [5.41, 5.74) is 6.93. The van der Waals surface area contributed by atoms with Gasteiger partial charge in [0.2, 0.25) is 0 Å². The number of rotatable bonds is 5.